The van der Waals surface area contributed by atoms with E-state index >= 15 is 0 Å². The fraction of sp³-hybridized carbons (Fsp3) is 1.00. The zero-order chi connectivity index (χ0) is 7.11. The van der Waals surface area contributed by atoms with Crippen molar-refractivity contribution in [1.82, 2.24) is 10.9 Å². The van der Waals surface area contributed by atoms with Crippen molar-refractivity contribution in [2.75, 3.05) is 6.54 Å². The smallest absolute Gasteiger partial charge is 0.0182 e. The molecule has 2 N–H and O–H groups in total. The van der Waals surface area contributed by atoms with Gasteiger partial charge in [0.1, 0.15) is 0 Å². The molecule has 2 heteroatoms. The fourth-order valence-electron chi connectivity index (χ4n) is 0.473. The molecule has 0 heterocycles. The van der Waals surface area contributed by atoms with Gasteiger partial charge in [0, 0.05) is 12.6 Å². The lowest BCUT2D eigenvalue weighted by atomic mass is 10.3. The fourth-order valence-corrected chi connectivity index (χ4v) is 0.473. The number of hydrazine groups is 1. The third-order valence-corrected chi connectivity index (χ3v) is 1.34. The third-order valence-electron chi connectivity index (χ3n) is 1.34. The van der Waals surface area contributed by atoms with Gasteiger partial charge in [-0.15, -0.1) is 0 Å². The lowest BCUT2D eigenvalue weighted by Crippen LogP contribution is -2.38. The van der Waals surface area contributed by atoms with Gasteiger partial charge in [-0.2, -0.15) is 0 Å². The summed E-state index contributed by atoms with van der Waals surface area (Å²) < 4.78 is 0. The van der Waals surface area contributed by atoms with E-state index in [-0.39, 0.29) is 0 Å². The number of nitrogens with one attached hydrogen (secondary N) is 2. The molecule has 0 radical (unpaired) electrons. The van der Waals surface area contributed by atoms with E-state index in [1.54, 1.807) is 0 Å². The third kappa shape index (κ3) is 5.80. The number of hydrogen-bond acceptors (Lipinski definition) is 2. The SMILES string of the molecule is CCCNN[C@H](C)CC. The minimum Gasteiger partial charge on any atom is -0.258 e. The summed E-state index contributed by atoms with van der Waals surface area (Å²) in [5.74, 6) is 0. The Labute approximate surface area is 58.0 Å². The van der Waals surface area contributed by atoms with Crippen LogP contribution in [0.5, 0.6) is 0 Å². The molecule has 0 saturated heterocycles. The molecule has 0 saturated carbocycles. The minimum absolute atomic E-state index is 0.594. The molecule has 9 heavy (non-hydrogen) atoms. The van der Waals surface area contributed by atoms with Gasteiger partial charge in [-0.05, 0) is 19.8 Å². The van der Waals surface area contributed by atoms with Crippen LogP contribution >= 0.6 is 0 Å². The molecule has 2 nitrogen and oxygen atoms in total. The Hall–Kier alpha value is -0.0800. The second kappa shape index (κ2) is 6.05. The zero-order valence-electron chi connectivity index (χ0n) is 6.70. The van der Waals surface area contributed by atoms with Crippen LogP contribution in [-0.2, 0) is 0 Å². The van der Waals surface area contributed by atoms with Crippen LogP contribution in [0, 0.1) is 0 Å². The van der Waals surface area contributed by atoms with Gasteiger partial charge in [-0.25, -0.2) is 0 Å². The van der Waals surface area contributed by atoms with E-state index in [1.807, 2.05) is 0 Å². The first-order valence-electron chi connectivity index (χ1n) is 3.79. The van der Waals surface area contributed by atoms with Crippen LogP contribution in [-0.4, -0.2) is 12.6 Å². The Kier molecular flexibility index (Phi) is 5.99. The van der Waals surface area contributed by atoms with Gasteiger partial charge in [0.25, 0.3) is 0 Å². The molecule has 1 atom stereocenters. The van der Waals surface area contributed by atoms with Gasteiger partial charge >= 0.3 is 0 Å². The summed E-state index contributed by atoms with van der Waals surface area (Å²) in [5.41, 5.74) is 6.32. The summed E-state index contributed by atoms with van der Waals surface area (Å²) >= 11 is 0. The van der Waals surface area contributed by atoms with Crippen LogP contribution in [0.25, 0.3) is 0 Å². The molecule has 0 spiro atoms. The monoisotopic (exact) mass is 130 g/mol. The first kappa shape index (κ1) is 8.92. The molecule has 0 fully saturated rings. The van der Waals surface area contributed by atoms with E-state index in [0.717, 1.165) is 6.54 Å². The number of rotatable bonds is 5. The topological polar surface area (TPSA) is 24.1 Å². The first-order chi connectivity index (χ1) is 4.31. The highest BCUT2D eigenvalue weighted by atomic mass is 15.4. The van der Waals surface area contributed by atoms with E-state index < -0.39 is 0 Å². The molecular formula is C7H18N2. The Balaban J connectivity index is 2.88. The maximum atomic E-state index is 3.18. The highest BCUT2D eigenvalue weighted by molar-refractivity contribution is 4.51. The van der Waals surface area contributed by atoms with E-state index in [0.29, 0.717) is 6.04 Å². The molecule has 0 bridgehead atoms. The highest BCUT2D eigenvalue weighted by Gasteiger charge is 1.92. The predicted octanol–water partition coefficient (Wildman–Crippen LogP) is 1.29. The van der Waals surface area contributed by atoms with Crippen molar-refractivity contribution in [1.29, 1.82) is 0 Å². The molecule has 0 aliphatic rings. The summed E-state index contributed by atoms with van der Waals surface area (Å²) in [4.78, 5) is 0. The van der Waals surface area contributed by atoms with Gasteiger partial charge in [-0.3, -0.25) is 10.9 Å². The molecule has 0 aromatic rings. The van der Waals surface area contributed by atoms with Crippen molar-refractivity contribution >= 4 is 0 Å². The molecule has 0 amide bonds. The quantitative estimate of drug-likeness (QED) is 0.433. The van der Waals surface area contributed by atoms with Crippen LogP contribution < -0.4 is 10.9 Å². The first-order valence-corrected chi connectivity index (χ1v) is 3.79. The summed E-state index contributed by atoms with van der Waals surface area (Å²) in [7, 11) is 0. The van der Waals surface area contributed by atoms with E-state index in [4.69, 9.17) is 0 Å². The molecule has 0 aromatic carbocycles. The second-order valence-corrected chi connectivity index (χ2v) is 2.38. The average Bonchev–Trinajstić information content (AvgIpc) is 1.89. The maximum Gasteiger partial charge on any atom is 0.0182 e. The van der Waals surface area contributed by atoms with Crippen molar-refractivity contribution in [2.24, 2.45) is 0 Å². The molecule has 56 valence electrons. The van der Waals surface area contributed by atoms with Crippen molar-refractivity contribution in [3.05, 3.63) is 0 Å². The average molecular weight is 130 g/mol. The normalized spacial score (nSPS) is 13.7. The molecule has 0 aromatic heterocycles. The summed E-state index contributed by atoms with van der Waals surface area (Å²) in [6.07, 6.45) is 2.36. The molecule has 0 unspecified atom stereocenters. The van der Waals surface area contributed by atoms with E-state index in [1.165, 1.54) is 12.8 Å². The number of hydrogen-bond donors (Lipinski definition) is 2. The summed E-state index contributed by atoms with van der Waals surface area (Å²) in [5, 5.41) is 0. The Morgan fingerprint density at radius 1 is 1.33 bits per heavy atom. The molecule has 0 aliphatic carbocycles. The van der Waals surface area contributed by atoms with Gasteiger partial charge in [0.15, 0.2) is 0 Å². The largest absolute Gasteiger partial charge is 0.258 e. The summed E-state index contributed by atoms with van der Waals surface area (Å²) in [6.45, 7) is 7.56. The lowest BCUT2D eigenvalue weighted by Gasteiger charge is -2.10. The van der Waals surface area contributed by atoms with Crippen molar-refractivity contribution in [3.63, 3.8) is 0 Å². The van der Waals surface area contributed by atoms with Crippen LogP contribution in [0.15, 0.2) is 0 Å². The van der Waals surface area contributed by atoms with Crippen LogP contribution in [0.3, 0.4) is 0 Å². The maximum absolute atomic E-state index is 3.18. The zero-order valence-corrected chi connectivity index (χ0v) is 6.70. The lowest BCUT2D eigenvalue weighted by molar-refractivity contribution is 0.441. The Morgan fingerprint density at radius 3 is 2.44 bits per heavy atom. The minimum atomic E-state index is 0.594. The van der Waals surface area contributed by atoms with Crippen molar-refractivity contribution < 1.29 is 0 Å². The standard InChI is InChI=1S/C7H18N2/c1-4-6-8-9-7(3)5-2/h7-9H,4-6H2,1-3H3/t7-/m1/s1. The van der Waals surface area contributed by atoms with Crippen molar-refractivity contribution in [3.8, 4) is 0 Å². The van der Waals surface area contributed by atoms with E-state index in [9.17, 15) is 0 Å². The van der Waals surface area contributed by atoms with Gasteiger partial charge < -0.3 is 0 Å². The molecule has 0 rings (SSSR count). The summed E-state index contributed by atoms with van der Waals surface area (Å²) in [6, 6.07) is 0.594. The molecule has 0 aliphatic heterocycles. The van der Waals surface area contributed by atoms with Crippen LogP contribution in [0.1, 0.15) is 33.6 Å². The Morgan fingerprint density at radius 2 is 2.00 bits per heavy atom. The Bertz CT molecular complexity index is 54.9. The van der Waals surface area contributed by atoms with Crippen molar-refractivity contribution in [2.45, 2.75) is 39.7 Å². The van der Waals surface area contributed by atoms with Crippen LogP contribution in [0.4, 0.5) is 0 Å². The second-order valence-electron chi connectivity index (χ2n) is 2.38. The van der Waals surface area contributed by atoms with Crippen LogP contribution in [0.2, 0.25) is 0 Å². The highest BCUT2D eigenvalue weighted by Crippen LogP contribution is 1.83. The molecular weight excluding hydrogens is 112 g/mol. The van der Waals surface area contributed by atoms with E-state index in [2.05, 4.69) is 31.6 Å². The van der Waals surface area contributed by atoms with Gasteiger partial charge in [0.2, 0.25) is 0 Å². The van der Waals surface area contributed by atoms with Gasteiger partial charge in [0.05, 0.1) is 0 Å². The predicted molar refractivity (Wildman–Crippen MR) is 41.2 cm³/mol. The van der Waals surface area contributed by atoms with Gasteiger partial charge in [-0.1, -0.05) is 13.8 Å².